The van der Waals surface area contributed by atoms with Gasteiger partial charge in [0.05, 0.1) is 21.5 Å². The molecule has 0 unspecified atom stereocenters. The van der Waals surface area contributed by atoms with E-state index in [0.717, 1.165) is 29.0 Å². The molecule has 0 aliphatic heterocycles. The largest absolute Gasteiger partial charge is 0.252 e. The van der Waals surface area contributed by atoms with Gasteiger partial charge in [-0.2, -0.15) is 5.10 Å². The third kappa shape index (κ3) is 4.53. The van der Waals surface area contributed by atoms with E-state index >= 15 is 0 Å². The topological polar surface area (TPSA) is 37.3 Å². The van der Waals surface area contributed by atoms with E-state index in [2.05, 4.69) is 22.4 Å². The van der Waals surface area contributed by atoms with Crippen molar-refractivity contribution in [3.05, 3.63) is 68.5 Å². The fourth-order valence-corrected chi connectivity index (χ4v) is 3.30. The van der Waals surface area contributed by atoms with Crippen LogP contribution in [0.25, 0.3) is 11.3 Å². The van der Waals surface area contributed by atoms with Gasteiger partial charge in [-0.25, -0.2) is 4.98 Å². The molecule has 0 saturated carbocycles. The Bertz CT molecular complexity index is 904. The Hall–Kier alpha value is -1.59. The number of hydrogen-bond donors (Lipinski definition) is 1. The molecule has 0 spiro atoms. The predicted octanol–water partition coefficient (Wildman–Crippen LogP) is 7.00. The number of anilines is 1. The summed E-state index contributed by atoms with van der Waals surface area (Å²) in [7, 11) is 0. The maximum absolute atomic E-state index is 6.07. The van der Waals surface area contributed by atoms with Crippen LogP contribution in [0.4, 0.5) is 5.13 Å². The monoisotopic (exact) mass is 409 g/mol. The summed E-state index contributed by atoms with van der Waals surface area (Å²) in [5.74, 6) is 0. The first-order valence-corrected chi connectivity index (χ1v) is 9.57. The highest BCUT2D eigenvalue weighted by Gasteiger charge is 2.07. The third-order valence-electron chi connectivity index (χ3n) is 3.52. The van der Waals surface area contributed by atoms with E-state index in [1.54, 1.807) is 12.1 Å². The molecule has 0 amide bonds. The summed E-state index contributed by atoms with van der Waals surface area (Å²) in [4.78, 5) is 4.54. The number of thiazole rings is 1. The van der Waals surface area contributed by atoms with Crippen molar-refractivity contribution in [3.8, 4) is 11.3 Å². The van der Waals surface area contributed by atoms with Gasteiger partial charge in [0.15, 0.2) is 0 Å². The van der Waals surface area contributed by atoms with Crippen LogP contribution in [0.5, 0.6) is 0 Å². The Morgan fingerprint density at radius 2 is 1.84 bits per heavy atom. The average Bonchev–Trinajstić information content (AvgIpc) is 3.08. The molecule has 1 heterocycles. The van der Waals surface area contributed by atoms with Gasteiger partial charge in [0.25, 0.3) is 0 Å². The van der Waals surface area contributed by atoms with E-state index in [4.69, 9.17) is 34.8 Å². The zero-order valence-electron chi connectivity index (χ0n) is 13.3. The molecule has 0 atom stereocenters. The minimum atomic E-state index is 0.510. The molecule has 3 rings (SSSR count). The van der Waals surface area contributed by atoms with Gasteiger partial charge >= 0.3 is 0 Å². The zero-order chi connectivity index (χ0) is 17.8. The molecule has 128 valence electrons. The Kier molecular flexibility index (Phi) is 5.97. The molecule has 1 N–H and O–H groups in total. The van der Waals surface area contributed by atoms with E-state index in [1.165, 1.54) is 11.3 Å². The first-order chi connectivity index (χ1) is 12.1. The van der Waals surface area contributed by atoms with E-state index in [0.29, 0.717) is 20.2 Å². The van der Waals surface area contributed by atoms with Crippen molar-refractivity contribution in [1.29, 1.82) is 0 Å². The van der Waals surface area contributed by atoms with Gasteiger partial charge in [0, 0.05) is 16.0 Å². The summed E-state index contributed by atoms with van der Waals surface area (Å²) in [6, 6.07) is 13.1. The highest BCUT2D eigenvalue weighted by atomic mass is 35.5. The second kappa shape index (κ2) is 8.19. The molecule has 3 nitrogen and oxygen atoms in total. The summed E-state index contributed by atoms with van der Waals surface area (Å²) in [6.07, 6.45) is 0.791. The van der Waals surface area contributed by atoms with Crippen LogP contribution in [-0.2, 0) is 0 Å². The van der Waals surface area contributed by atoms with E-state index in [9.17, 15) is 0 Å². The van der Waals surface area contributed by atoms with E-state index in [1.807, 2.05) is 35.7 Å². The van der Waals surface area contributed by atoms with E-state index < -0.39 is 0 Å². The van der Waals surface area contributed by atoms with Crippen molar-refractivity contribution in [2.24, 2.45) is 5.10 Å². The molecule has 0 aliphatic rings. The number of rotatable bonds is 5. The van der Waals surface area contributed by atoms with Crippen LogP contribution in [0.2, 0.25) is 15.1 Å². The van der Waals surface area contributed by atoms with Gasteiger partial charge < -0.3 is 0 Å². The Labute approximate surface area is 165 Å². The van der Waals surface area contributed by atoms with Crippen LogP contribution in [0.3, 0.4) is 0 Å². The fourth-order valence-electron chi connectivity index (χ4n) is 2.22. The molecule has 7 heteroatoms. The molecule has 0 fully saturated rings. The minimum Gasteiger partial charge on any atom is -0.252 e. The van der Waals surface area contributed by atoms with Crippen molar-refractivity contribution in [2.45, 2.75) is 13.3 Å². The summed E-state index contributed by atoms with van der Waals surface area (Å²) in [5.41, 5.74) is 6.73. The standard InChI is InChI=1S/C18H14Cl3N3S/c1-2-16(11-3-6-13(19)7-4-11)23-24-18-22-17(10-25-18)12-5-8-14(20)15(21)9-12/h3-10H,2H2,1H3,(H,22,24)/b23-16-. The normalized spacial score (nSPS) is 11.6. The van der Waals surface area contributed by atoms with Gasteiger partial charge in [-0.1, -0.05) is 59.9 Å². The number of nitrogens with zero attached hydrogens (tertiary/aromatic N) is 2. The number of benzene rings is 2. The Morgan fingerprint density at radius 1 is 1.08 bits per heavy atom. The van der Waals surface area contributed by atoms with Crippen LogP contribution in [-0.4, -0.2) is 10.7 Å². The van der Waals surface area contributed by atoms with Crippen molar-refractivity contribution in [1.82, 2.24) is 4.98 Å². The van der Waals surface area contributed by atoms with Crippen LogP contribution < -0.4 is 5.43 Å². The van der Waals surface area contributed by atoms with Gasteiger partial charge in [-0.3, -0.25) is 5.43 Å². The van der Waals surface area contributed by atoms with Crippen molar-refractivity contribution >= 4 is 57.0 Å². The third-order valence-corrected chi connectivity index (χ3v) is 5.26. The lowest BCUT2D eigenvalue weighted by Crippen LogP contribution is -2.02. The van der Waals surface area contributed by atoms with Gasteiger partial charge in [0.1, 0.15) is 0 Å². The lowest BCUT2D eigenvalue weighted by atomic mass is 10.1. The predicted molar refractivity (Wildman–Crippen MR) is 109 cm³/mol. The van der Waals surface area contributed by atoms with Crippen LogP contribution >= 0.6 is 46.1 Å². The molecule has 0 saturated heterocycles. The number of nitrogens with one attached hydrogen (secondary N) is 1. The van der Waals surface area contributed by atoms with E-state index in [-0.39, 0.29) is 0 Å². The SMILES string of the molecule is CC/C(=N/Nc1nc(-c2ccc(Cl)c(Cl)c2)cs1)c1ccc(Cl)cc1. The molecule has 25 heavy (non-hydrogen) atoms. The molecule has 0 radical (unpaired) electrons. The van der Waals surface area contributed by atoms with Crippen LogP contribution in [0.1, 0.15) is 18.9 Å². The molecular formula is C18H14Cl3N3S. The van der Waals surface area contributed by atoms with Gasteiger partial charge in [0.2, 0.25) is 5.13 Å². The maximum Gasteiger partial charge on any atom is 0.203 e. The van der Waals surface area contributed by atoms with Gasteiger partial charge in [-0.05, 0) is 36.2 Å². The number of halogens is 3. The quantitative estimate of drug-likeness (QED) is 0.363. The summed E-state index contributed by atoms with van der Waals surface area (Å²) < 4.78 is 0. The second-order valence-electron chi connectivity index (χ2n) is 5.20. The summed E-state index contributed by atoms with van der Waals surface area (Å²) >= 11 is 19.4. The average molecular weight is 411 g/mol. The highest BCUT2D eigenvalue weighted by Crippen LogP contribution is 2.30. The number of aromatic nitrogens is 1. The van der Waals surface area contributed by atoms with Crippen LogP contribution in [0.15, 0.2) is 52.9 Å². The molecular weight excluding hydrogens is 397 g/mol. The van der Waals surface area contributed by atoms with Gasteiger partial charge in [-0.15, -0.1) is 11.3 Å². The molecule has 1 aromatic heterocycles. The lowest BCUT2D eigenvalue weighted by molar-refractivity contribution is 1.21. The zero-order valence-corrected chi connectivity index (χ0v) is 16.3. The fraction of sp³-hybridized carbons (Fsp3) is 0.111. The van der Waals surface area contributed by atoms with Crippen LogP contribution in [0, 0.1) is 0 Å². The summed E-state index contributed by atoms with van der Waals surface area (Å²) in [6.45, 7) is 2.05. The highest BCUT2D eigenvalue weighted by molar-refractivity contribution is 7.14. The van der Waals surface area contributed by atoms with Crippen molar-refractivity contribution < 1.29 is 0 Å². The lowest BCUT2D eigenvalue weighted by Gasteiger charge is -2.04. The first kappa shape index (κ1) is 18.2. The molecule has 0 aliphatic carbocycles. The molecule has 2 aromatic carbocycles. The second-order valence-corrected chi connectivity index (χ2v) is 7.31. The summed E-state index contributed by atoms with van der Waals surface area (Å²) in [5, 5.41) is 8.88. The molecule has 3 aromatic rings. The number of hydrazone groups is 1. The first-order valence-electron chi connectivity index (χ1n) is 7.56. The maximum atomic E-state index is 6.07. The van der Waals surface area contributed by atoms with Crippen molar-refractivity contribution in [2.75, 3.05) is 5.43 Å². The Morgan fingerprint density at radius 3 is 2.52 bits per heavy atom. The number of hydrogen-bond acceptors (Lipinski definition) is 4. The smallest absolute Gasteiger partial charge is 0.203 e. The molecule has 0 bridgehead atoms. The minimum absolute atomic E-state index is 0.510. The van der Waals surface area contributed by atoms with Crippen molar-refractivity contribution in [3.63, 3.8) is 0 Å². The Balaban J connectivity index is 1.78.